The number of hydrogen-bond donors (Lipinski definition) is 1. The van der Waals surface area contributed by atoms with Crippen LogP contribution in [0.25, 0.3) is 0 Å². The molecule has 3 rings (SSSR count). The SMILES string of the molecule is CC1(C)COc2cc(CC3(N)CC3)cc(Cl)c2OC1. The minimum absolute atomic E-state index is 0.00586. The summed E-state index contributed by atoms with van der Waals surface area (Å²) in [4.78, 5) is 0. The van der Waals surface area contributed by atoms with Crippen molar-refractivity contribution in [1.82, 2.24) is 0 Å². The summed E-state index contributed by atoms with van der Waals surface area (Å²) >= 11 is 6.32. The van der Waals surface area contributed by atoms with Crippen LogP contribution in [-0.4, -0.2) is 18.8 Å². The number of benzene rings is 1. The largest absolute Gasteiger partial charge is 0.489 e. The maximum atomic E-state index is 6.32. The van der Waals surface area contributed by atoms with E-state index in [1.54, 1.807) is 0 Å². The molecule has 0 spiro atoms. The molecule has 1 heterocycles. The van der Waals surface area contributed by atoms with Gasteiger partial charge in [-0.15, -0.1) is 0 Å². The lowest BCUT2D eigenvalue weighted by Crippen LogP contribution is -2.26. The van der Waals surface area contributed by atoms with E-state index in [9.17, 15) is 0 Å². The lowest BCUT2D eigenvalue weighted by Gasteiger charge is -2.19. The Hall–Kier alpha value is -0.930. The maximum absolute atomic E-state index is 6.32. The number of nitrogens with two attached hydrogens (primary N) is 1. The van der Waals surface area contributed by atoms with Crippen molar-refractivity contribution in [1.29, 1.82) is 0 Å². The average Bonchev–Trinajstić information content (AvgIpc) is 3.04. The van der Waals surface area contributed by atoms with E-state index in [1.807, 2.05) is 12.1 Å². The summed E-state index contributed by atoms with van der Waals surface area (Å²) in [6.45, 7) is 5.48. The number of fused-ring (bicyclic) bond motifs is 1. The Balaban J connectivity index is 1.89. The van der Waals surface area contributed by atoms with Gasteiger partial charge in [0.2, 0.25) is 0 Å². The monoisotopic (exact) mass is 281 g/mol. The van der Waals surface area contributed by atoms with E-state index < -0.39 is 0 Å². The van der Waals surface area contributed by atoms with Crippen molar-refractivity contribution < 1.29 is 9.47 Å². The molecule has 0 unspecified atom stereocenters. The van der Waals surface area contributed by atoms with Crippen LogP contribution in [0.1, 0.15) is 32.3 Å². The molecule has 1 saturated carbocycles. The highest BCUT2D eigenvalue weighted by atomic mass is 35.5. The van der Waals surface area contributed by atoms with Crippen molar-refractivity contribution in [3.8, 4) is 11.5 Å². The molecule has 4 heteroatoms. The van der Waals surface area contributed by atoms with E-state index in [1.165, 1.54) is 0 Å². The smallest absolute Gasteiger partial charge is 0.179 e. The Morgan fingerprint density at radius 1 is 1.21 bits per heavy atom. The molecule has 0 aromatic heterocycles. The van der Waals surface area contributed by atoms with Gasteiger partial charge >= 0.3 is 0 Å². The number of hydrogen-bond acceptors (Lipinski definition) is 3. The van der Waals surface area contributed by atoms with Gasteiger partial charge in [0.05, 0.1) is 18.2 Å². The molecule has 0 amide bonds. The van der Waals surface area contributed by atoms with E-state index in [-0.39, 0.29) is 11.0 Å². The Morgan fingerprint density at radius 3 is 2.58 bits per heavy atom. The van der Waals surface area contributed by atoms with E-state index in [2.05, 4.69) is 13.8 Å². The van der Waals surface area contributed by atoms with Gasteiger partial charge in [-0.3, -0.25) is 0 Å². The van der Waals surface area contributed by atoms with Crippen molar-refractivity contribution in [2.45, 2.75) is 38.6 Å². The van der Waals surface area contributed by atoms with Gasteiger partial charge in [-0.2, -0.15) is 0 Å². The lowest BCUT2D eigenvalue weighted by molar-refractivity contribution is 0.140. The summed E-state index contributed by atoms with van der Waals surface area (Å²) in [5.41, 5.74) is 7.26. The molecule has 0 radical (unpaired) electrons. The van der Waals surface area contributed by atoms with Crippen LogP contribution < -0.4 is 15.2 Å². The molecule has 0 saturated heterocycles. The first-order chi connectivity index (χ1) is 8.87. The second-order valence-electron chi connectivity index (χ2n) is 6.69. The van der Waals surface area contributed by atoms with Gasteiger partial charge in [0.25, 0.3) is 0 Å². The Bertz CT molecular complexity index is 509. The topological polar surface area (TPSA) is 44.5 Å². The summed E-state index contributed by atoms with van der Waals surface area (Å²) in [6.07, 6.45) is 3.03. The fourth-order valence-electron chi connectivity index (χ4n) is 2.30. The van der Waals surface area contributed by atoms with Crippen molar-refractivity contribution in [3.05, 3.63) is 22.7 Å². The first-order valence-corrected chi connectivity index (χ1v) is 7.12. The zero-order chi connectivity index (χ0) is 13.7. The molecule has 2 N–H and O–H groups in total. The predicted molar refractivity (Wildman–Crippen MR) is 76.1 cm³/mol. The summed E-state index contributed by atoms with van der Waals surface area (Å²) in [6, 6.07) is 3.98. The number of halogens is 1. The van der Waals surface area contributed by atoms with Gasteiger partial charge in [0.15, 0.2) is 11.5 Å². The first kappa shape index (κ1) is 13.1. The van der Waals surface area contributed by atoms with E-state index >= 15 is 0 Å². The molecule has 19 heavy (non-hydrogen) atoms. The van der Waals surface area contributed by atoms with Crippen LogP contribution in [0, 0.1) is 5.41 Å². The van der Waals surface area contributed by atoms with Crippen molar-refractivity contribution in [2.24, 2.45) is 11.1 Å². The highest BCUT2D eigenvalue weighted by Crippen LogP contribution is 2.43. The molecule has 0 atom stereocenters. The molecular formula is C15H20ClNO2. The van der Waals surface area contributed by atoms with Crippen LogP contribution in [-0.2, 0) is 6.42 Å². The Labute approximate surface area is 119 Å². The zero-order valence-corrected chi connectivity index (χ0v) is 12.2. The third-order valence-electron chi connectivity index (χ3n) is 3.74. The van der Waals surface area contributed by atoms with Crippen LogP contribution in [0.3, 0.4) is 0 Å². The van der Waals surface area contributed by atoms with Gasteiger partial charge in [-0.05, 0) is 37.0 Å². The summed E-state index contributed by atoms with van der Waals surface area (Å²) in [5, 5.41) is 0.620. The molecule has 2 aliphatic rings. The summed E-state index contributed by atoms with van der Waals surface area (Å²) in [7, 11) is 0. The standard InChI is InChI=1S/C15H20ClNO2/c1-14(2)8-18-12-6-10(7-15(17)3-4-15)5-11(16)13(12)19-9-14/h5-6H,3-4,7-9,17H2,1-2H3. The summed E-state index contributed by atoms with van der Waals surface area (Å²) in [5.74, 6) is 1.41. The van der Waals surface area contributed by atoms with Gasteiger partial charge in [-0.1, -0.05) is 25.4 Å². The molecule has 1 aliphatic heterocycles. The van der Waals surface area contributed by atoms with Crippen molar-refractivity contribution >= 4 is 11.6 Å². The molecule has 1 fully saturated rings. The molecule has 104 valence electrons. The lowest BCUT2D eigenvalue weighted by atomic mass is 9.97. The third kappa shape index (κ3) is 2.82. The van der Waals surface area contributed by atoms with E-state index in [0.717, 1.165) is 30.6 Å². The third-order valence-corrected chi connectivity index (χ3v) is 4.02. The maximum Gasteiger partial charge on any atom is 0.179 e. The Morgan fingerprint density at radius 2 is 1.89 bits per heavy atom. The van der Waals surface area contributed by atoms with Crippen LogP contribution in [0.15, 0.2) is 12.1 Å². The quantitative estimate of drug-likeness (QED) is 0.905. The van der Waals surface area contributed by atoms with E-state index in [4.69, 9.17) is 26.8 Å². The highest BCUT2D eigenvalue weighted by molar-refractivity contribution is 6.32. The van der Waals surface area contributed by atoms with Crippen molar-refractivity contribution in [3.63, 3.8) is 0 Å². The molecule has 3 nitrogen and oxygen atoms in total. The van der Waals surface area contributed by atoms with Gasteiger partial charge < -0.3 is 15.2 Å². The van der Waals surface area contributed by atoms with Crippen LogP contribution in [0.2, 0.25) is 5.02 Å². The molecule has 1 aliphatic carbocycles. The zero-order valence-electron chi connectivity index (χ0n) is 11.5. The average molecular weight is 282 g/mol. The fourth-order valence-corrected chi connectivity index (χ4v) is 2.58. The normalized spacial score (nSPS) is 22.7. The minimum atomic E-state index is -0.0254. The second kappa shape index (κ2) is 4.29. The summed E-state index contributed by atoms with van der Waals surface area (Å²) < 4.78 is 11.7. The number of rotatable bonds is 2. The van der Waals surface area contributed by atoms with Crippen LogP contribution in [0.5, 0.6) is 11.5 Å². The van der Waals surface area contributed by atoms with Crippen LogP contribution in [0.4, 0.5) is 0 Å². The van der Waals surface area contributed by atoms with Gasteiger partial charge in [0, 0.05) is 11.0 Å². The van der Waals surface area contributed by atoms with E-state index in [0.29, 0.717) is 24.0 Å². The number of ether oxygens (including phenoxy) is 2. The predicted octanol–water partition coefficient (Wildman–Crippen LogP) is 3.17. The van der Waals surface area contributed by atoms with Crippen molar-refractivity contribution in [2.75, 3.05) is 13.2 Å². The van der Waals surface area contributed by atoms with Gasteiger partial charge in [0.1, 0.15) is 0 Å². The first-order valence-electron chi connectivity index (χ1n) is 6.74. The second-order valence-corrected chi connectivity index (χ2v) is 7.09. The Kier molecular flexibility index (Phi) is 2.95. The molecule has 1 aromatic rings. The highest BCUT2D eigenvalue weighted by Gasteiger charge is 2.38. The molecule has 0 bridgehead atoms. The van der Waals surface area contributed by atoms with Gasteiger partial charge in [-0.25, -0.2) is 0 Å². The molecule has 1 aromatic carbocycles. The molecular weight excluding hydrogens is 262 g/mol. The van der Waals surface area contributed by atoms with Crippen LogP contribution >= 0.6 is 11.6 Å². The fraction of sp³-hybridized carbons (Fsp3) is 0.600. The minimum Gasteiger partial charge on any atom is -0.489 e.